The fraction of sp³-hybridized carbons (Fsp3) is 0.357. The molecule has 2 rings (SSSR count). The molecule has 4 heteroatoms. The van der Waals surface area contributed by atoms with Gasteiger partial charge >= 0.3 is 0 Å². The third-order valence-electron chi connectivity index (χ3n) is 3.11. The largest absolute Gasteiger partial charge is 0.394 e. The summed E-state index contributed by atoms with van der Waals surface area (Å²) < 4.78 is 0.967. The highest BCUT2D eigenvalue weighted by molar-refractivity contribution is 9.10. The van der Waals surface area contributed by atoms with Gasteiger partial charge in [0.25, 0.3) is 0 Å². The Morgan fingerprint density at radius 3 is 2.83 bits per heavy atom. The summed E-state index contributed by atoms with van der Waals surface area (Å²) in [5.41, 5.74) is 1.77. The molecule has 0 radical (unpaired) electrons. The van der Waals surface area contributed by atoms with Gasteiger partial charge in [0.05, 0.1) is 12.1 Å². The Morgan fingerprint density at radius 2 is 2.28 bits per heavy atom. The predicted octanol–water partition coefficient (Wildman–Crippen LogP) is 2.41. The molecule has 1 aliphatic carbocycles. The van der Waals surface area contributed by atoms with Crippen molar-refractivity contribution in [3.8, 4) is 0 Å². The van der Waals surface area contributed by atoms with Crippen LogP contribution in [0.4, 0.5) is 0 Å². The van der Waals surface area contributed by atoms with Gasteiger partial charge in [-0.1, -0.05) is 28.1 Å². The summed E-state index contributed by atoms with van der Waals surface area (Å²) in [4.78, 5) is 11.7. The monoisotopic (exact) mass is 309 g/mol. The minimum atomic E-state index is -0.355. The van der Waals surface area contributed by atoms with Gasteiger partial charge in [-0.15, -0.1) is 0 Å². The molecule has 1 aromatic carbocycles. The topological polar surface area (TPSA) is 49.3 Å². The Hall–Kier alpha value is -1.13. The molecule has 0 aliphatic heterocycles. The van der Waals surface area contributed by atoms with E-state index in [9.17, 15) is 4.79 Å². The summed E-state index contributed by atoms with van der Waals surface area (Å²) >= 11 is 3.46. The SMILES string of the molecule is Cc1ccc(/C=C/C(=O)NC2(CO)CC2)c(Br)c1. The Labute approximate surface area is 115 Å². The number of carbonyl (C=O) groups excluding carboxylic acids is 1. The van der Waals surface area contributed by atoms with Gasteiger partial charge < -0.3 is 10.4 Å². The number of aliphatic hydroxyl groups excluding tert-OH is 1. The Bertz CT molecular complexity index is 493. The van der Waals surface area contributed by atoms with Crippen LogP contribution in [0.15, 0.2) is 28.7 Å². The van der Waals surface area contributed by atoms with Crippen molar-refractivity contribution in [1.29, 1.82) is 0 Å². The number of rotatable bonds is 4. The average molecular weight is 310 g/mol. The number of carbonyl (C=O) groups is 1. The van der Waals surface area contributed by atoms with Crippen molar-refractivity contribution in [2.75, 3.05) is 6.61 Å². The highest BCUT2D eigenvalue weighted by Gasteiger charge is 2.42. The van der Waals surface area contributed by atoms with Gasteiger partial charge in [-0.2, -0.15) is 0 Å². The third kappa shape index (κ3) is 3.21. The van der Waals surface area contributed by atoms with Crippen LogP contribution in [0.1, 0.15) is 24.0 Å². The number of hydrogen-bond acceptors (Lipinski definition) is 2. The summed E-state index contributed by atoms with van der Waals surface area (Å²) in [5.74, 6) is -0.158. The van der Waals surface area contributed by atoms with Crippen molar-refractivity contribution >= 4 is 27.9 Å². The van der Waals surface area contributed by atoms with Crippen molar-refractivity contribution in [2.45, 2.75) is 25.3 Å². The van der Waals surface area contributed by atoms with Gasteiger partial charge in [-0.25, -0.2) is 0 Å². The van der Waals surface area contributed by atoms with E-state index in [4.69, 9.17) is 5.11 Å². The molecule has 0 unspecified atom stereocenters. The van der Waals surface area contributed by atoms with E-state index in [2.05, 4.69) is 21.2 Å². The molecule has 1 aromatic rings. The second-order valence-electron chi connectivity index (χ2n) is 4.79. The van der Waals surface area contributed by atoms with Crippen LogP contribution in [0.5, 0.6) is 0 Å². The highest BCUT2D eigenvalue weighted by atomic mass is 79.9. The average Bonchev–Trinajstić information content (AvgIpc) is 3.08. The lowest BCUT2D eigenvalue weighted by Gasteiger charge is -2.11. The molecule has 0 bridgehead atoms. The Morgan fingerprint density at radius 1 is 1.56 bits per heavy atom. The van der Waals surface area contributed by atoms with Crippen molar-refractivity contribution in [3.63, 3.8) is 0 Å². The maximum atomic E-state index is 11.7. The third-order valence-corrected chi connectivity index (χ3v) is 3.80. The first-order chi connectivity index (χ1) is 8.54. The number of aliphatic hydroxyl groups is 1. The number of amides is 1. The highest BCUT2D eigenvalue weighted by Crippen LogP contribution is 2.34. The number of hydrogen-bond donors (Lipinski definition) is 2. The molecule has 0 aromatic heterocycles. The zero-order chi connectivity index (χ0) is 13.2. The van der Waals surface area contributed by atoms with Gasteiger partial charge in [0.15, 0.2) is 0 Å². The fourth-order valence-corrected chi connectivity index (χ4v) is 2.33. The first-order valence-electron chi connectivity index (χ1n) is 5.92. The molecule has 1 saturated carbocycles. The molecule has 1 amide bonds. The van der Waals surface area contributed by atoms with E-state index < -0.39 is 0 Å². The smallest absolute Gasteiger partial charge is 0.244 e. The van der Waals surface area contributed by atoms with Gasteiger partial charge in [-0.3, -0.25) is 4.79 Å². The maximum Gasteiger partial charge on any atom is 0.244 e. The van der Waals surface area contributed by atoms with Crippen LogP contribution < -0.4 is 5.32 Å². The minimum absolute atomic E-state index is 0.0147. The fourth-order valence-electron chi connectivity index (χ4n) is 1.71. The first kappa shape index (κ1) is 13.3. The molecule has 96 valence electrons. The number of benzene rings is 1. The summed E-state index contributed by atoms with van der Waals surface area (Å²) in [6.45, 7) is 2.03. The van der Waals surface area contributed by atoms with E-state index >= 15 is 0 Å². The van der Waals surface area contributed by atoms with Gasteiger partial charge in [0, 0.05) is 10.5 Å². The number of halogens is 1. The molecular formula is C14H16BrNO2. The molecule has 2 N–H and O–H groups in total. The van der Waals surface area contributed by atoms with E-state index in [0.717, 1.165) is 22.9 Å². The van der Waals surface area contributed by atoms with Gasteiger partial charge in [-0.05, 0) is 43.0 Å². The standard InChI is InChI=1S/C14H16BrNO2/c1-10-2-3-11(12(15)8-10)4-5-13(18)16-14(9-17)6-7-14/h2-5,8,17H,6-7,9H2,1H3,(H,16,18)/b5-4+. The summed E-state index contributed by atoms with van der Waals surface area (Å²) in [7, 11) is 0. The van der Waals surface area contributed by atoms with Crippen LogP contribution in [0.3, 0.4) is 0 Å². The van der Waals surface area contributed by atoms with E-state index in [1.165, 1.54) is 11.6 Å². The second kappa shape index (κ2) is 5.24. The Balaban J connectivity index is 2.00. The number of nitrogens with one attached hydrogen (secondary N) is 1. The zero-order valence-electron chi connectivity index (χ0n) is 10.2. The van der Waals surface area contributed by atoms with E-state index in [-0.39, 0.29) is 18.1 Å². The lowest BCUT2D eigenvalue weighted by atomic mass is 10.1. The van der Waals surface area contributed by atoms with E-state index in [0.29, 0.717) is 0 Å². The van der Waals surface area contributed by atoms with Crippen molar-refractivity contribution in [2.24, 2.45) is 0 Å². The molecule has 3 nitrogen and oxygen atoms in total. The van der Waals surface area contributed by atoms with Crippen LogP contribution in [0.25, 0.3) is 6.08 Å². The van der Waals surface area contributed by atoms with Gasteiger partial charge in [0.2, 0.25) is 5.91 Å². The van der Waals surface area contributed by atoms with Crippen molar-refractivity contribution in [1.82, 2.24) is 5.32 Å². The van der Waals surface area contributed by atoms with Crippen molar-refractivity contribution < 1.29 is 9.90 Å². The lowest BCUT2D eigenvalue weighted by molar-refractivity contribution is -0.117. The number of aryl methyl sites for hydroxylation is 1. The van der Waals surface area contributed by atoms with Crippen molar-refractivity contribution in [3.05, 3.63) is 39.9 Å². The van der Waals surface area contributed by atoms with Crippen LogP contribution >= 0.6 is 15.9 Å². The summed E-state index contributed by atoms with van der Waals surface area (Å²) in [6, 6.07) is 5.97. The molecule has 0 heterocycles. The molecule has 18 heavy (non-hydrogen) atoms. The predicted molar refractivity (Wildman–Crippen MR) is 75.1 cm³/mol. The minimum Gasteiger partial charge on any atom is -0.394 e. The van der Waals surface area contributed by atoms with Crippen LogP contribution in [-0.2, 0) is 4.79 Å². The normalized spacial score (nSPS) is 16.8. The molecule has 0 spiro atoms. The van der Waals surface area contributed by atoms with E-state index in [1.807, 2.05) is 25.1 Å². The van der Waals surface area contributed by atoms with Gasteiger partial charge in [0.1, 0.15) is 0 Å². The first-order valence-corrected chi connectivity index (χ1v) is 6.71. The molecule has 1 aliphatic rings. The quantitative estimate of drug-likeness (QED) is 0.839. The zero-order valence-corrected chi connectivity index (χ0v) is 11.8. The van der Waals surface area contributed by atoms with E-state index in [1.54, 1.807) is 6.08 Å². The molecular weight excluding hydrogens is 294 g/mol. The molecule has 0 saturated heterocycles. The molecule has 1 fully saturated rings. The molecule has 0 atom stereocenters. The lowest BCUT2D eigenvalue weighted by Crippen LogP contribution is -2.38. The maximum absolute atomic E-state index is 11.7. The van der Waals surface area contributed by atoms with Crippen LogP contribution in [0, 0.1) is 6.92 Å². The second-order valence-corrected chi connectivity index (χ2v) is 5.64. The Kier molecular flexibility index (Phi) is 3.88. The summed E-state index contributed by atoms with van der Waals surface area (Å²) in [5, 5.41) is 11.9. The van der Waals surface area contributed by atoms with Crippen LogP contribution in [-0.4, -0.2) is 23.2 Å². The summed E-state index contributed by atoms with van der Waals surface area (Å²) in [6.07, 6.45) is 4.99. The van der Waals surface area contributed by atoms with Crippen LogP contribution in [0.2, 0.25) is 0 Å².